The first kappa shape index (κ1) is 15.1. The number of ether oxygens (including phenoxy) is 1. The number of hydrogen-bond donors (Lipinski definition) is 0. The van der Waals surface area contributed by atoms with Crippen LogP contribution in [0.25, 0.3) is 0 Å². The molecule has 1 fully saturated rings. The van der Waals surface area contributed by atoms with E-state index in [0.29, 0.717) is 0 Å². The molecule has 2 heteroatoms. The average molecular weight is 274 g/mol. The Morgan fingerprint density at radius 3 is 2.60 bits per heavy atom. The largest absolute Gasteiger partial charge is 0.490 e. The highest BCUT2D eigenvalue weighted by molar-refractivity contribution is 6.00. The highest BCUT2D eigenvalue weighted by atomic mass is 16.5. The lowest BCUT2D eigenvalue weighted by atomic mass is 9.66. The molecule has 1 aliphatic carbocycles. The van der Waals surface area contributed by atoms with Crippen LogP contribution in [-0.4, -0.2) is 11.9 Å². The Balaban J connectivity index is 2.28. The molecule has 0 radical (unpaired) electrons. The van der Waals surface area contributed by atoms with Gasteiger partial charge in [0.15, 0.2) is 5.78 Å². The van der Waals surface area contributed by atoms with E-state index in [1.54, 1.807) is 0 Å². The zero-order chi connectivity index (χ0) is 14.8. The molecule has 1 saturated carbocycles. The first-order valence-electron chi connectivity index (χ1n) is 7.72. The van der Waals surface area contributed by atoms with Gasteiger partial charge in [-0.3, -0.25) is 4.79 Å². The molecule has 0 saturated heterocycles. The Hall–Kier alpha value is -1.31. The third kappa shape index (κ3) is 3.23. The normalized spacial score (nSPS) is 21.8. The van der Waals surface area contributed by atoms with Gasteiger partial charge in [0.1, 0.15) is 5.75 Å². The van der Waals surface area contributed by atoms with E-state index in [0.717, 1.165) is 30.6 Å². The lowest BCUT2D eigenvalue weighted by molar-refractivity contribution is 0.0692. The molecule has 2 rings (SSSR count). The maximum absolute atomic E-state index is 12.9. The fourth-order valence-corrected chi connectivity index (χ4v) is 3.19. The first-order chi connectivity index (χ1) is 9.42. The Labute approximate surface area is 122 Å². The van der Waals surface area contributed by atoms with E-state index < -0.39 is 0 Å². The van der Waals surface area contributed by atoms with E-state index in [4.69, 9.17) is 4.74 Å². The van der Waals surface area contributed by atoms with Crippen LogP contribution in [-0.2, 0) is 0 Å². The van der Waals surface area contributed by atoms with E-state index >= 15 is 0 Å². The molecule has 0 bridgehead atoms. The Kier molecular flexibility index (Phi) is 4.52. The minimum Gasteiger partial charge on any atom is -0.490 e. The number of Topliss-reactive ketones (excluding diaryl/α,β-unsaturated/α-hetero) is 1. The van der Waals surface area contributed by atoms with E-state index in [-0.39, 0.29) is 23.2 Å². The second-order valence-electron chi connectivity index (χ2n) is 6.81. The van der Waals surface area contributed by atoms with Gasteiger partial charge in [0.25, 0.3) is 0 Å². The van der Waals surface area contributed by atoms with Gasteiger partial charge in [0, 0.05) is 5.92 Å². The van der Waals surface area contributed by atoms with Gasteiger partial charge in [-0.25, -0.2) is 0 Å². The molecule has 0 aliphatic heterocycles. The minimum absolute atomic E-state index is 0.0864. The van der Waals surface area contributed by atoms with Gasteiger partial charge < -0.3 is 4.74 Å². The standard InChI is InChI=1S/C18H26O2/c1-13(2)20-16-11-6-5-9-14(16)17(19)15-10-7-8-12-18(15,3)4/h5-6,9,11,13,15H,7-8,10,12H2,1-4H3. The van der Waals surface area contributed by atoms with Crippen LogP contribution in [0, 0.1) is 11.3 Å². The van der Waals surface area contributed by atoms with Crippen LogP contribution in [0.5, 0.6) is 5.75 Å². The van der Waals surface area contributed by atoms with Crippen molar-refractivity contribution < 1.29 is 9.53 Å². The van der Waals surface area contributed by atoms with Gasteiger partial charge in [0.2, 0.25) is 0 Å². The van der Waals surface area contributed by atoms with Crippen molar-refractivity contribution in [1.82, 2.24) is 0 Å². The Morgan fingerprint density at radius 2 is 1.95 bits per heavy atom. The van der Waals surface area contributed by atoms with Crippen LogP contribution < -0.4 is 4.74 Å². The number of ketones is 1. The van der Waals surface area contributed by atoms with Crippen LogP contribution in [0.3, 0.4) is 0 Å². The molecule has 2 nitrogen and oxygen atoms in total. The van der Waals surface area contributed by atoms with E-state index in [1.807, 2.05) is 38.1 Å². The summed E-state index contributed by atoms with van der Waals surface area (Å²) < 4.78 is 5.80. The average Bonchev–Trinajstić information content (AvgIpc) is 2.37. The number of rotatable bonds is 4. The summed E-state index contributed by atoms with van der Waals surface area (Å²) in [5.41, 5.74) is 0.849. The monoisotopic (exact) mass is 274 g/mol. The fraction of sp³-hybridized carbons (Fsp3) is 0.611. The molecule has 0 spiro atoms. The summed E-state index contributed by atoms with van der Waals surface area (Å²) >= 11 is 0. The van der Waals surface area contributed by atoms with Crippen molar-refractivity contribution in [1.29, 1.82) is 0 Å². The molecule has 110 valence electrons. The zero-order valence-electron chi connectivity index (χ0n) is 13.1. The third-order valence-electron chi connectivity index (χ3n) is 4.34. The summed E-state index contributed by atoms with van der Waals surface area (Å²) in [6.07, 6.45) is 4.62. The topological polar surface area (TPSA) is 26.3 Å². The Bertz CT molecular complexity index is 474. The molecule has 1 aliphatic rings. The number of carbonyl (C=O) groups excluding carboxylic acids is 1. The quantitative estimate of drug-likeness (QED) is 0.732. The number of hydrogen-bond acceptors (Lipinski definition) is 2. The highest BCUT2D eigenvalue weighted by Gasteiger charge is 2.38. The molecule has 0 amide bonds. The van der Waals surface area contributed by atoms with Crippen LogP contribution in [0.15, 0.2) is 24.3 Å². The third-order valence-corrected chi connectivity index (χ3v) is 4.34. The van der Waals surface area contributed by atoms with Crippen molar-refractivity contribution in [2.45, 2.75) is 59.5 Å². The molecule has 0 aromatic heterocycles. The molecular weight excluding hydrogens is 248 g/mol. The lowest BCUT2D eigenvalue weighted by Crippen LogP contribution is -2.34. The van der Waals surface area contributed by atoms with E-state index in [2.05, 4.69) is 13.8 Å². The molecule has 0 heterocycles. The SMILES string of the molecule is CC(C)Oc1ccccc1C(=O)C1CCCCC1(C)C. The number of carbonyl (C=O) groups is 1. The fourth-order valence-electron chi connectivity index (χ4n) is 3.19. The summed E-state index contributed by atoms with van der Waals surface area (Å²) in [6, 6.07) is 7.67. The van der Waals surface area contributed by atoms with Crippen LogP contribution in [0.2, 0.25) is 0 Å². The van der Waals surface area contributed by atoms with Crippen molar-refractivity contribution >= 4 is 5.78 Å². The maximum atomic E-state index is 12.9. The van der Waals surface area contributed by atoms with Gasteiger partial charge in [0.05, 0.1) is 11.7 Å². The summed E-state index contributed by atoms with van der Waals surface area (Å²) in [4.78, 5) is 12.9. The van der Waals surface area contributed by atoms with Crippen molar-refractivity contribution in [2.24, 2.45) is 11.3 Å². The molecule has 1 unspecified atom stereocenters. The summed E-state index contributed by atoms with van der Waals surface area (Å²) in [5, 5.41) is 0. The van der Waals surface area contributed by atoms with Crippen molar-refractivity contribution in [3.63, 3.8) is 0 Å². The maximum Gasteiger partial charge on any atom is 0.170 e. The van der Waals surface area contributed by atoms with Crippen LogP contribution >= 0.6 is 0 Å². The summed E-state index contributed by atoms with van der Waals surface area (Å²) in [6.45, 7) is 8.43. The number of benzene rings is 1. The second kappa shape index (κ2) is 5.99. The van der Waals surface area contributed by atoms with E-state index in [9.17, 15) is 4.79 Å². The van der Waals surface area contributed by atoms with Crippen LogP contribution in [0.1, 0.15) is 63.7 Å². The van der Waals surface area contributed by atoms with Crippen LogP contribution in [0.4, 0.5) is 0 Å². The molecule has 1 aromatic carbocycles. The molecule has 1 aromatic rings. The molecular formula is C18H26O2. The summed E-state index contributed by atoms with van der Waals surface area (Å²) in [7, 11) is 0. The van der Waals surface area contributed by atoms with Crippen molar-refractivity contribution in [3.8, 4) is 5.75 Å². The smallest absolute Gasteiger partial charge is 0.170 e. The summed E-state index contributed by atoms with van der Waals surface area (Å²) in [5.74, 6) is 1.10. The van der Waals surface area contributed by atoms with E-state index in [1.165, 1.54) is 6.42 Å². The number of para-hydroxylation sites is 1. The lowest BCUT2D eigenvalue weighted by Gasteiger charge is -2.37. The zero-order valence-corrected chi connectivity index (χ0v) is 13.1. The second-order valence-corrected chi connectivity index (χ2v) is 6.81. The predicted molar refractivity (Wildman–Crippen MR) is 82.3 cm³/mol. The van der Waals surface area contributed by atoms with Gasteiger partial charge in [-0.05, 0) is 44.2 Å². The first-order valence-corrected chi connectivity index (χ1v) is 7.72. The highest BCUT2D eigenvalue weighted by Crippen LogP contribution is 2.43. The molecule has 20 heavy (non-hydrogen) atoms. The van der Waals surface area contributed by atoms with Gasteiger partial charge >= 0.3 is 0 Å². The Morgan fingerprint density at radius 1 is 1.25 bits per heavy atom. The van der Waals surface area contributed by atoms with Crippen molar-refractivity contribution in [3.05, 3.63) is 29.8 Å². The van der Waals surface area contributed by atoms with Gasteiger partial charge in [-0.2, -0.15) is 0 Å². The predicted octanol–water partition coefficient (Wildman–Crippen LogP) is 4.87. The van der Waals surface area contributed by atoms with Gasteiger partial charge in [-0.15, -0.1) is 0 Å². The molecule has 0 N–H and O–H groups in total. The van der Waals surface area contributed by atoms with Crippen molar-refractivity contribution in [2.75, 3.05) is 0 Å². The minimum atomic E-state index is 0.0864. The molecule has 1 atom stereocenters. The van der Waals surface area contributed by atoms with Gasteiger partial charge in [-0.1, -0.05) is 38.8 Å².